The number of ketones is 2. The second kappa shape index (κ2) is 7.34. The predicted molar refractivity (Wildman–Crippen MR) is 98.5 cm³/mol. The highest BCUT2D eigenvalue weighted by atomic mass is 16.5. The third-order valence-electron chi connectivity index (χ3n) is 4.84. The Balaban J connectivity index is 1.90. The maximum Gasteiger partial charge on any atom is 0.338 e. The van der Waals surface area contributed by atoms with Crippen molar-refractivity contribution >= 4 is 34.3 Å². The molecule has 1 amide bonds. The highest BCUT2D eigenvalue weighted by Gasteiger charge is 2.37. The zero-order valence-electron chi connectivity index (χ0n) is 15.6. The van der Waals surface area contributed by atoms with Crippen LogP contribution in [0.15, 0.2) is 18.2 Å². The van der Waals surface area contributed by atoms with Crippen LogP contribution in [-0.4, -0.2) is 46.0 Å². The number of nitrogens with zero attached hydrogens (tertiary/aromatic N) is 1. The summed E-state index contributed by atoms with van der Waals surface area (Å²) in [7, 11) is 0. The van der Waals surface area contributed by atoms with Crippen LogP contribution in [0.1, 0.15) is 60.0 Å². The summed E-state index contributed by atoms with van der Waals surface area (Å²) in [6.45, 7) is 5.24. The molecule has 2 aromatic rings. The molecule has 7 nitrogen and oxygen atoms in total. The number of carbonyl (C=O) groups is 4. The molecule has 0 fully saturated rings. The lowest BCUT2D eigenvalue weighted by molar-refractivity contribution is -0.122. The van der Waals surface area contributed by atoms with E-state index < -0.39 is 12.0 Å². The number of hydrogen-bond acceptors (Lipinski definition) is 5. The summed E-state index contributed by atoms with van der Waals surface area (Å²) in [5.41, 5.74) is 2.33. The van der Waals surface area contributed by atoms with Gasteiger partial charge >= 0.3 is 5.97 Å². The molecule has 1 N–H and O–H groups in total. The number of amides is 1. The lowest BCUT2D eigenvalue weighted by Crippen LogP contribution is -2.40. The van der Waals surface area contributed by atoms with E-state index in [1.807, 2.05) is 0 Å². The van der Waals surface area contributed by atoms with Crippen molar-refractivity contribution in [2.24, 2.45) is 0 Å². The summed E-state index contributed by atoms with van der Waals surface area (Å²) < 4.78 is 5.00. The van der Waals surface area contributed by atoms with Gasteiger partial charge in [0.2, 0.25) is 0 Å². The van der Waals surface area contributed by atoms with Crippen molar-refractivity contribution in [3.63, 3.8) is 0 Å². The second-order valence-electron chi connectivity index (χ2n) is 6.76. The molecule has 3 rings (SSSR count). The van der Waals surface area contributed by atoms with Crippen molar-refractivity contribution in [3.8, 4) is 0 Å². The molecule has 142 valence electrons. The number of aromatic nitrogens is 1. The van der Waals surface area contributed by atoms with Gasteiger partial charge in [0.15, 0.2) is 5.78 Å². The Bertz CT molecular complexity index is 943. The normalized spacial score (nSPS) is 14.3. The van der Waals surface area contributed by atoms with Crippen molar-refractivity contribution in [1.29, 1.82) is 0 Å². The number of fused-ring (bicyclic) bond motifs is 3. The first kappa shape index (κ1) is 18.8. The molecule has 1 aliphatic heterocycles. The molecule has 1 unspecified atom stereocenters. The summed E-state index contributed by atoms with van der Waals surface area (Å²) in [6.07, 6.45) is 0.581. The van der Waals surface area contributed by atoms with E-state index in [-0.39, 0.29) is 30.5 Å². The summed E-state index contributed by atoms with van der Waals surface area (Å²) >= 11 is 0. The fourth-order valence-corrected chi connectivity index (χ4v) is 3.50. The van der Waals surface area contributed by atoms with Crippen LogP contribution >= 0.6 is 0 Å². The van der Waals surface area contributed by atoms with Gasteiger partial charge in [-0.2, -0.15) is 0 Å². The average molecular weight is 370 g/mol. The number of rotatable bonds is 7. The topological polar surface area (TPSA) is 96.5 Å². The average Bonchev–Trinajstić information content (AvgIpc) is 3.11. The number of benzene rings is 1. The number of hydrogen-bond donors (Lipinski definition) is 1. The first-order valence-electron chi connectivity index (χ1n) is 8.96. The Hall–Kier alpha value is -2.96. The van der Waals surface area contributed by atoms with E-state index in [9.17, 15) is 19.2 Å². The van der Waals surface area contributed by atoms with E-state index in [2.05, 4.69) is 4.98 Å². The van der Waals surface area contributed by atoms with Gasteiger partial charge in [0.05, 0.1) is 18.2 Å². The molecule has 27 heavy (non-hydrogen) atoms. The lowest BCUT2D eigenvalue weighted by Gasteiger charge is -2.25. The third kappa shape index (κ3) is 3.49. The third-order valence-corrected chi connectivity index (χ3v) is 4.84. The quantitative estimate of drug-likeness (QED) is 0.756. The molecule has 0 saturated heterocycles. The van der Waals surface area contributed by atoms with Gasteiger partial charge in [0.1, 0.15) is 11.5 Å². The first-order chi connectivity index (χ1) is 12.8. The number of nitrogens with one attached hydrogen (secondary N) is 1. The van der Waals surface area contributed by atoms with E-state index in [0.29, 0.717) is 29.7 Å². The van der Waals surface area contributed by atoms with Crippen LogP contribution in [0.4, 0.5) is 0 Å². The lowest BCUT2D eigenvalue weighted by atomic mass is 10.0. The Morgan fingerprint density at radius 1 is 1.26 bits per heavy atom. The fraction of sp³-hybridized carbons (Fsp3) is 0.400. The molecule has 0 radical (unpaired) electrons. The molecule has 2 heterocycles. The molecule has 0 aliphatic carbocycles. The van der Waals surface area contributed by atoms with Crippen LogP contribution in [0.5, 0.6) is 0 Å². The number of aromatic amines is 1. The van der Waals surface area contributed by atoms with Crippen LogP contribution in [0.25, 0.3) is 10.9 Å². The van der Waals surface area contributed by atoms with E-state index in [1.54, 1.807) is 25.1 Å². The Kier molecular flexibility index (Phi) is 5.12. The molecule has 1 aliphatic rings. The van der Waals surface area contributed by atoms with Gasteiger partial charge in [-0.3, -0.25) is 9.59 Å². The predicted octanol–water partition coefficient (Wildman–Crippen LogP) is 2.63. The molecule has 1 aromatic carbocycles. The summed E-state index contributed by atoms with van der Waals surface area (Å²) in [5, 5.41) is 0.836. The molecule has 0 spiro atoms. The van der Waals surface area contributed by atoms with Crippen molar-refractivity contribution in [1.82, 2.24) is 9.88 Å². The Morgan fingerprint density at radius 2 is 2.00 bits per heavy atom. The van der Waals surface area contributed by atoms with Gasteiger partial charge in [-0.25, -0.2) is 4.79 Å². The standard InChI is InChI=1S/C20H22N2O5/c1-4-27-20(26)13-6-7-14-15-10-22(17(12(3)24)8-5-11(2)23)19(25)18(15)21-16(14)9-13/h6-7,9,17,21H,4-5,8,10H2,1-3H3. The van der Waals surface area contributed by atoms with Crippen LogP contribution in [0.2, 0.25) is 0 Å². The van der Waals surface area contributed by atoms with Gasteiger partial charge in [-0.1, -0.05) is 6.07 Å². The van der Waals surface area contributed by atoms with Gasteiger partial charge in [0, 0.05) is 29.4 Å². The molecular formula is C20H22N2O5. The van der Waals surface area contributed by atoms with Crippen LogP contribution in [0.3, 0.4) is 0 Å². The Labute approximate surface area is 156 Å². The van der Waals surface area contributed by atoms with E-state index in [0.717, 1.165) is 10.9 Å². The highest BCUT2D eigenvalue weighted by Crippen LogP contribution is 2.33. The van der Waals surface area contributed by atoms with E-state index in [1.165, 1.54) is 18.7 Å². The maximum absolute atomic E-state index is 12.8. The summed E-state index contributed by atoms with van der Waals surface area (Å²) in [4.78, 5) is 52.7. The summed E-state index contributed by atoms with van der Waals surface area (Å²) in [6, 6.07) is 4.50. The van der Waals surface area contributed by atoms with Gasteiger partial charge in [0.25, 0.3) is 5.91 Å². The van der Waals surface area contributed by atoms with Crippen molar-refractivity contribution < 1.29 is 23.9 Å². The Morgan fingerprint density at radius 3 is 2.63 bits per heavy atom. The largest absolute Gasteiger partial charge is 0.462 e. The highest BCUT2D eigenvalue weighted by molar-refractivity contribution is 6.06. The number of carbonyl (C=O) groups excluding carboxylic acids is 4. The number of H-pyrrole nitrogens is 1. The van der Waals surface area contributed by atoms with Crippen LogP contribution < -0.4 is 0 Å². The molecule has 7 heteroatoms. The summed E-state index contributed by atoms with van der Waals surface area (Å²) in [5.74, 6) is -0.822. The van der Waals surface area contributed by atoms with E-state index in [4.69, 9.17) is 4.74 Å². The van der Waals surface area contributed by atoms with Gasteiger partial charge in [-0.15, -0.1) is 0 Å². The van der Waals surface area contributed by atoms with E-state index >= 15 is 0 Å². The number of Topliss-reactive ketones (excluding diaryl/α,β-unsaturated/α-hetero) is 2. The van der Waals surface area contributed by atoms with Crippen molar-refractivity contribution in [3.05, 3.63) is 35.0 Å². The second-order valence-corrected chi connectivity index (χ2v) is 6.76. The number of ether oxygens (including phenoxy) is 1. The zero-order valence-corrected chi connectivity index (χ0v) is 15.6. The smallest absolute Gasteiger partial charge is 0.338 e. The minimum absolute atomic E-state index is 0.0108. The van der Waals surface area contributed by atoms with Crippen molar-refractivity contribution in [2.45, 2.75) is 46.2 Å². The fourth-order valence-electron chi connectivity index (χ4n) is 3.50. The maximum atomic E-state index is 12.8. The minimum Gasteiger partial charge on any atom is -0.462 e. The molecule has 1 atom stereocenters. The minimum atomic E-state index is -0.615. The zero-order chi connectivity index (χ0) is 19.7. The van der Waals surface area contributed by atoms with Crippen LogP contribution in [0, 0.1) is 0 Å². The SMILES string of the molecule is CCOC(=O)c1ccc2c3c([nH]c2c1)C(=O)N(C(CCC(C)=O)C(C)=O)C3. The van der Waals surface area contributed by atoms with Crippen LogP contribution in [-0.2, 0) is 20.9 Å². The van der Waals surface area contributed by atoms with Crippen molar-refractivity contribution in [2.75, 3.05) is 6.61 Å². The molecule has 0 saturated carbocycles. The van der Waals surface area contributed by atoms with Gasteiger partial charge < -0.3 is 19.4 Å². The molecule has 1 aromatic heterocycles. The molecule has 0 bridgehead atoms. The molecular weight excluding hydrogens is 348 g/mol. The monoisotopic (exact) mass is 370 g/mol. The number of esters is 1. The first-order valence-corrected chi connectivity index (χ1v) is 8.96. The van der Waals surface area contributed by atoms with Gasteiger partial charge in [-0.05, 0) is 39.3 Å².